The van der Waals surface area contributed by atoms with Crippen LogP contribution in [0.25, 0.3) is 0 Å². The molecule has 0 aromatic carbocycles. The van der Waals surface area contributed by atoms with E-state index < -0.39 is 0 Å². The third-order valence-electron chi connectivity index (χ3n) is 3.39. The molecule has 4 N–H and O–H groups in total. The molecule has 1 aromatic heterocycles. The summed E-state index contributed by atoms with van der Waals surface area (Å²) in [4.78, 5) is 6.24. The molecule has 1 saturated heterocycles. The van der Waals surface area contributed by atoms with E-state index in [1.54, 1.807) is 18.3 Å². The molecule has 0 radical (unpaired) electrons. The SMILES string of the molecule is CC1CCN(c2ncccc2/C(N)=N/O)CC1O. The number of oxime groups is 1. The zero-order chi connectivity index (χ0) is 13.1. The molecule has 98 valence electrons. The Hall–Kier alpha value is -1.82. The van der Waals surface area contributed by atoms with Gasteiger partial charge in [-0.15, -0.1) is 0 Å². The average Bonchev–Trinajstić information content (AvgIpc) is 2.41. The Bertz CT molecular complexity index is 449. The molecule has 2 heterocycles. The molecule has 0 aliphatic carbocycles. The third-order valence-corrected chi connectivity index (χ3v) is 3.39. The number of aromatic nitrogens is 1. The van der Waals surface area contributed by atoms with Crippen LogP contribution in [0, 0.1) is 5.92 Å². The van der Waals surface area contributed by atoms with Crippen LogP contribution < -0.4 is 10.6 Å². The third kappa shape index (κ3) is 2.38. The van der Waals surface area contributed by atoms with Gasteiger partial charge in [-0.05, 0) is 24.5 Å². The zero-order valence-corrected chi connectivity index (χ0v) is 10.3. The minimum atomic E-state index is -0.374. The molecule has 2 unspecified atom stereocenters. The molecule has 2 rings (SSSR count). The van der Waals surface area contributed by atoms with E-state index in [4.69, 9.17) is 10.9 Å². The number of hydrogen-bond donors (Lipinski definition) is 3. The van der Waals surface area contributed by atoms with Gasteiger partial charge in [0.1, 0.15) is 5.82 Å². The Kier molecular flexibility index (Phi) is 3.66. The molecule has 0 spiro atoms. The summed E-state index contributed by atoms with van der Waals surface area (Å²) in [5.74, 6) is 0.974. The van der Waals surface area contributed by atoms with Crippen LogP contribution in [0.2, 0.25) is 0 Å². The maximum absolute atomic E-state index is 9.92. The molecular formula is C12H18N4O2. The van der Waals surface area contributed by atoms with Crippen molar-refractivity contribution in [2.75, 3.05) is 18.0 Å². The molecular weight excluding hydrogens is 232 g/mol. The van der Waals surface area contributed by atoms with Gasteiger partial charge in [0.2, 0.25) is 0 Å². The molecule has 2 atom stereocenters. The van der Waals surface area contributed by atoms with E-state index in [1.807, 2.05) is 11.8 Å². The van der Waals surface area contributed by atoms with Crippen molar-refractivity contribution in [2.24, 2.45) is 16.8 Å². The largest absolute Gasteiger partial charge is 0.409 e. The van der Waals surface area contributed by atoms with Gasteiger partial charge in [0.05, 0.1) is 11.7 Å². The maximum Gasteiger partial charge on any atom is 0.173 e. The first kappa shape index (κ1) is 12.6. The summed E-state index contributed by atoms with van der Waals surface area (Å²) in [6.45, 7) is 3.36. The molecule has 0 amide bonds. The van der Waals surface area contributed by atoms with E-state index in [2.05, 4.69) is 10.1 Å². The number of nitrogens with zero attached hydrogens (tertiary/aromatic N) is 3. The standard InChI is InChI=1S/C12H18N4O2/c1-8-4-6-16(7-10(8)17)12-9(11(13)15-18)3-2-5-14-12/h2-3,5,8,10,17-18H,4,6-7H2,1H3,(H2,13,15). The molecule has 6 heteroatoms. The second kappa shape index (κ2) is 5.22. The summed E-state index contributed by atoms with van der Waals surface area (Å²) in [5, 5.41) is 21.7. The van der Waals surface area contributed by atoms with Crippen LogP contribution in [0.15, 0.2) is 23.5 Å². The molecule has 6 nitrogen and oxygen atoms in total. The molecule has 1 fully saturated rings. The van der Waals surface area contributed by atoms with Gasteiger partial charge in [0, 0.05) is 19.3 Å². The number of rotatable bonds is 2. The van der Waals surface area contributed by atoms with E-state index >= 15 is 0 Å². The van der Waals surface area contributed by atoms with Crippen molar-refractivity contribution >= 4 is 11.7 Å². The number of hydrogen-bond acceptors (Lipinski definition) is 5. The fourth-order valence-corrected chi connectivity index (χ4v) is 2.14. The molecule has 0 bridgehead atoms. The van der Waals surface area contributed by atoms with Gasteiger partial charge < -0.3 is 20.9 Å². The lowest BCUT2D eigenvalue weighted by molar-refractivity contribution is 0.102. The number of aliphatic hydroxyl groups excluding tert-OH is 1. The van der Waals surface area contributed by atoms with E-state index in [9.17, 15) is 5.11 Å². The predicted molar refractivity (Wildman–Crippen MR) is 68.7 cm³/mol. The summed E-state index contributed by atoms with van der Waals surface area (Å²) >= 11 is 0. The summed E-state index contributed by atoms with van der Waals surface area (Å²) in [6.07, 6.45) is 2.18. The minimum Gasteiger partial charge on any atom is -0.409 e. The monoisotopic (exact) mass is 250 g/mol. The maximum atomic E-state index is 9.92. The average molecular weight is 250 g/mol. The van der Waals surface area contributed by atoms with Crippen LogP contribution in [-0.4, -0.2) is 40.3 Å². The van der Waals surface area contributed by atoms with Crippen molar-refractivity contribution in [3.8, 4) is 0 Å². The highest BCUT2D eigenvalue weighted by molar-refractivity contribution is 6.01. The van der Waals surface area contributed by atoms with Crippen molar-refractivity contribution in [3.05, 3.63) is 23.9 Å². The van der Waals surface area contributed by atoms with Gasteiger partial charge in [-0.3, -0.25) is 0 Å². The summed E-state index contributed by atoms with van der Waals surface area (Å²) in [6, 6.07) is 3.49. The van der Waals surface area contributed by atoms with Crippen LogP contribution in [0.4, 0.5) is 5.82 Å². The summed E-state index contributed by atoms with van der Waals surface area (Å²) in [7, 11) is 0. The van der Waals surface area contributed by atoms with E-state index in [-0.39, 0.29) is 17.9 Å². The number of piperidine rings is 1. The quantitative estimate of drug-likeness (QED) is 0.305. The smallest absolute Gasteiger partial charge is 0.173 e. The molecule has 1 aromatic rings. The van der Waals surface area contributed by atoms with Crippen molar-refractivity contribution in [2.45, 2.75) is 19.4 Å². The van der Waals surface area contributed by atoms with Crippen molar-refractivity contribution in [3.63, 3.8) is 0 Å². The number of anilines is 1. The highest BCUT2D eigenvalue weighted by atomic mass is 16.4. The normalized spacial score (nSPS) is 25.2. The number of amidine groups is 1. The first-order valence-corrected chi connectivity index (χ1v) is 5.99. The first-order chi connectivity index (χ1) is 8.63. The van der Waals surface area contributed by atoms with Gasteiger partial charge in [-0.2, -0.15) is 0 Å². The van der Waals surface area contributed by atoms with Crippen molar-refractivity contribution in [1.29, 1.82) is 0 Å². The Labute approximate surface area is 106 Å². The van der Waals surface area contributed by atoms with Gasteiger partial charge in [0.15, 0.2) is 5.84 Å². The molecule has 1 aliphatic rings. The first-order valence-electron chi connectivity index (χ1n) is 5.99. The number of nitrogens with two attached hydrogens (primary N) is 1. The van der Waals surface area contributed by atoms with Crippen molar-refractivity contribution < 1.29 is 10.3 Å². The van der Waals surface area contributed by atoms with Gasteiger partial charge in [0.25, 0.3) is 0 Å². The van der Waals surface area contributed by atoms with Crippen LogP contribution in [0.5, 0.6) is 0 Å². The lowest BCUT2D eigenvalue weighted by Crippen LogP contribution is -2.44. The lowest BCUT2D eigenvalue weighted by atomic mass is 9.96. The van der Waals surface area contributed by atoms with E-state index in [1.165, 1.54) is 0 Å². The number of β-amino-alcohol motifs (C(OH)–C–C–N with tert-alkyl or cyclic N) is 1. The predicted octanol–water partition coefficient (Wildman–Crippen LogP) is 0.383. The van der Waals surface area contributed by atoms with E-state index in [0.29, 0.717) is 17.9 Å². The van der Waals surface area contributed by atoms with Crippen LogP contribution in [0.3, 0.4) is 0 Å². The van der Waals surface area contributed by atoms with Crippen LogP contribution >= 0.6 is 0 Å². The highest BCUT2D eigenvalue weighted by Gasteiger charge is 2.26. The Morgan fingerprint density at radius 1 is 1.61 bits per heavy atom. The lowest BCUT2D eigenvalue weighted by Gasteiger charge is -2.35. The molecule has 0 saturated carbocycles. The van der Waals surface area contributed by atoms with Crippen LogP contribution in [0.1, 0.15) is 18.9 Å². The Balaban J connectivity index is 2.28. The second-order valence-corrected chi connectivity index (χ2v) is 4.64. The highest BCUT2D eigenvalue weighted by Crippen LogP contribution is 2.24. The van der Waals surface area contributed by atoms with Crippen molar-refractivity contribution in [1.82, 2.24) is 4.98 Å². The zero-order valence-electron chi connectivity index (χ0n) is 10.3. The van der Waals surface area contributed by atoms with E-state index in [0.717, 1.165) is 13.0 Å². The van der Waals surface area contributed by atoms with Gasteiger partial charge >= 0.3 is 0 Å². The van der Waals surface area contributed by atoms with Gasteiger partial charge in [-0.25, -0.2) is 4.98 Å². The Morgan fingerprint density at radius 2 is 2.39 bits per heavy atom. The second-order valence-electron chi connectivity index (χ2n) is 4.64. The fourth-order valence-electron chi connectivity index (χ4n) is 2.14. The summed E-state index contributed by atoms with van der Waals surface area (Å²) < 4.78 is 0. The summed E-state index contributed by atoms with van der Waals surface area (Å²) in [5.41, 5.74) is 6.22. The number of aliphatic hydroxyl groups is 1. The number of pyridine rings is 1. The molecule has 18 heavy (non-hydrogen) atoms. The Morgan fingerprint density at radius 3 is 3.06 bits per heavy atom. The molecule has 1 aliphatic heterocycles. The van der Waals surface area contributed by atoms with Gasteiger partial charge in [-0.1, -0.05) is 12.1 Å². The van der Waals surface area contributed by atoms with Crippen LogP contribution in [-0.2, 0) is 0 Å². The fraction of sp³-hybridized carbons (Fsp3) is 0.500. The minimum absolute atomic E-state index is 0.0335. The topological polar surface area (TPSA) is 95.0 Å².